The molecule has 7 rings (SSSR count). The van der Waals surface area contributed by atoms with Gasteiger partial charge in [-0.2, -0.15) is 0 Å². The average Bonchev–Trinajstić information content (AvgIpc) is 3.47. The molecular weight excluding hydrogens is 615 g/mol. The average molecular weight is 648 g/mol. The lowest BCUT2D eigenvalue weighted by atomic mass is 9.81. The van der Waals surface area contributed by atoms with Crippen molar-refractivity contribution in [2.24, 2.45) is 5.92 Å². The molecule has 2 aliphatic rings. The number of hydrogen-bond donors (Lipinski definition) is 1. The molecule has 7 nitrogen and oxygen atoms in total. The molecular formula is C37H33N3O4S2. The van der Waals surface area contributed by atoms with Crippen LogP contribution in [0, 0.1) is 12.8 Å². The van der Waals surface area contributed by atoms with Crippen molar-refractivity contribution in [3.05, 3.63) is 122 Å². The smallest absolute Gasteiger partial charge is 0.308 e. The van der Waals surface area contributed by atoms with E-state index in [2.05, 4.69) is 38.2 Å². The minimum atomic E-state index is -0.741. The predicted molar refractivity (Wildman–Crippen MR) is 185 cm³/mol. The second-order valence-corrected chi connectivity index (χ2v) is 15.1. The lowest BCUT2D eigenvalue weighted by molar-refractivity contribution is -0.122. The first kappa shape index (κ1) is 30.2. The van der Waals surface area contributed by atoms with Crippen LogP contribution in [0.1, 0.15) is 48.3 Å². The normalized spacial score (nSPS) is 19.3. The molecule has 0 bridgehead atoms. The number of aryl methyl sites for hydroxylation is 1. The summed E-state index contributed by atoms with van der Waals surface area (Å²) in [5, 5.41) is 4.71. The van der Waals surface area contributed by atoms with Gasteiger partial charge in [0.25, 0.3) is 0 Å². The molecule has 1 saturated heterocycles. The van der Waals surface area contributed by atoms with Crippen LogP contribution in [0.4, 0.5) is 11.4 Å². The zero-order valence-electron chi connectivity index (χ0n) is 25.9. The van der Waals surface area contributed by atoms with Crippen molar-refractivity contribution in [1.82, 2.24) is 4.57 Å². The van der Waals surface area contributed by atoms with Gasteiger partial charge in [0.2, 0.25) is 17.7 Å². The van der Waals surface area contributed by atoms with E-state index in [9.17, 15) is 19.2 Å². The Morgan fingerprint density at radius 3 is 2.26 bits per heavy atom. The summed E-state index contributed by atoms with van der Waals surface area (Å²) in [4.78, 5) is 57.0. The third-order valence-corrected chi connectivity index (χ3v) is 11.4. The Kier molecular flexibility index (Phi) is 7.48. The van der Waals surface area contributed by atoms with E-state index in [0.717, 1.165) is 38.8 Å². The third kappa shape index (κ3) is 5.17. The van der Waals surface area contributed by atoms with Gasteiger partial charge in [-0.3, -0.25) is 23.7 Å². The Morgan fingerprint density at radius 2 is 1.54 bits per heavy atom. The van der Waals surface area contributed by atoms with E-state index in [-0.39, 0.29) is 34.6 Å². The molecule has 0 aliphatic carbocycles. The highest BCUT2D eigenvalue weighted by Gasteiger charge is 2.56. The van der Waals surface area contributed by atoms with Crippen LogP contribution in [0.3, 0.4) is 0 Å². The zero-order valence-corrected chi connectivity index (χ0v) is 27.6. The Bertz CT molecular complexity index is 2070. The molecule has 3 atom stereocenters. The van der Waals surface area contributed by atoms with E-state index in [4.69, 9.17) is 0 Å². The van der Waals surface area contributed by atoms with E-state index in [1.54, 1.807) is 12.1 Å². The number of imide groups is 1. The molecule has 5 aromatic rings. The van der Waals surface area contributed by atoms with Crippen molar-refractivity contribution in [3.8, 4) is 0 Å². The summed E-state index contributed by atoms with van der Waals surface area (Å²) in [5.41, 5.74) is 4.16. The fraction of sp³-hybridized carbons (Fsp3) is 0.243. The van der Waals surface area contributed by atoms with E-state index in [0.29, 0.717) is 21.3 Å². The number of anilines is 2. The van der Waals surface area contributed by atoms with Gasteiger partial charge < -0.3 is 5.32 Å². The number of amides is 3. The number of hydrogen-bond acceptors (Lipinski definition) is 6. The summed E-state index contributed by atoms with van der Waals surface area (Å²) >= 11 is 2.28. The van der Waals surface area contributed by atoms with Crippen molar-refractivity contribution < 1.29 is 14.4 Å². The van der Waals surface area contributed by atoms with E-state index >= 15 is 0 Å². The van der Waals surface area contributed by atoms with Crippen LogP contribution in [0.2, 0.25) is 0 Å². The number of nitrogens with zero attached hydrogens (tertiary/aromatic N) is 2. The minimum absolute atomic E-state index is 0.0678. The Morgan fingerprint density at radius 1 is 0.848 bits per heavy atom. The standard InChI is InChI=1S/C37H33N3O4S2/c1-21-12-18-25(19-13-21)40-33(42)30-29(23-14-16-24(17-15-23)37(2,3)4)32-35(45-31(30)34(40)43)39(36(44)46-32)20-28(41)38-27-11-7-9-22-8-5-6-10-26(22)27/h5-19,29-31H,20H2,1-4H3,(H,38,41)/t29-,30?,31?/m1/s1. The summed E-state index contributed by atoms with van der Waals surface area (Å²) in [6.07, 6.45) is 0. The second kappa shape index (κ2) is 11.4. The van der Waals surface area contributed by atoms with Crippen molar-refractivity contribution >= 4 is 63.0 Å². The molecule has 0 spiro atoms. The zero-order chi connectivity index (χ0) is 32.3. The molecule has 46 heavy (non-hydrogen) atoms. The molecule has 3 amide bonds. The molecule has 9 heteroatoms. The molecule has 2 aliphatic heterocycles. The van der Waals surface area contributed by atoms with Gasteiger partial charge in [-0.1, -0.05) is 122 Å². The molecule has 232 valence electrons. The first-order chi connectivity index (χ1) is 22.0. The summed E-state index contributed by atoms with van der Waals surface area (Å²) in [7, 11) is 0. The highest BCUT2D eigenvalue weighted by Crippen LogP contribution is 2.54. The fourth-order valence-electron chi connectivity index (χ4n) is 6.42. The van der Waals surface area contributed by atoms with Gasteiger partial charge in [-0.15, -0.1) is 0 Å². The van der Waals surface area contributed by atoms with Crippen LogP contribution in [-0.4, -0.2) is 27.5 Å². The Balaban J connectivity index is 1.29. The van der Waals surface area contributed by atoms with Crippen molar-refractivity contribution in [3.63, 3.8) is 0 Å². The van der Waals surface area contributed by atoms with E-state index < -0.39 is 17.1 Å². The fourth-order valence-corrected chi connectivity index (χ4v) is 9.19. The van der Waals surface area contributed by atoms with Crippen LogP contribution >= 0.6 is 23.1 Å². The largest absolute Gasteiger partial charge is 0.324 e. The number of benzene rings is 4. The predicted octanol–water partition coefficient (Wildman–Crippen LogP) is 7.10. The lowest BCUT2D eigenvalue weighted by Crippen LogP contribution is -2.33. The maximum absolute atomic E-state index is 14.2. The molecule has 0 radical (unpaired) electrons. The van der Waals surface area contributed by atoms with Crippen LogP contribution in [-0.2, 0) is 26.3 Å². The number of rotatable bonds is 5. The summed E-state index contributed by atoms with van der Waals surface area (Å²) in [5.74, 6) is -2.13. The molecule has 2 unspecified atom stereocenters. The maximum Gasteiger partial charge on any atom is 0.308 e. The number of fused-ring (bicyclic) bond motifs is 3. The Hall–Kier alpha value is -4.47. The van der Waals surface area contributed by atoms with Gasteiger partial charge in [0.15, 0.2) is 0 Å². The first-order valence-electron chi connectivity index (χ1n) is 15.2. The van der Waals surface area contributed by atoms with Crippen LogP contribution in [0.5, 0.6) is 0 Å². The van der Waals surface area contributed by atoms with Crippen molar-refractivity contribution in [2.75, 3.05) is 10.2 Å². The number of thioether (sulfide) groups is 1. The Labute approximate surface area is 275 Å². The molecule has 1 aromatic heterocycles. The number of carbonyl (C=O) groups is 3. The lowest BCUT2D eigenvalue weighted by Gasteiger charge is -2.31. The third-order valence-electron chi connectivity index (χ3n) is 8.84. The van der Waals surface area contributed by atoms with Gasteiger partial charge in [0.1, 0.15) is 11.8 Å². The monoisotopic (exact) mass is 647 g/mol. The summed E-state index contributed by atoms with van der Waals surface area (Å²) in [6, 6.07) is 29.0. The van der Waals surface area contributed by atoms with E-state index in [1.165, 1.54) is 21.2 Å². The highest BCUT2D eigenvalue weighted by atomic mass is 32.2. The van der Waals surface area contributed by atoms with Gasteiger partial charge >= 0.3 is 4.87 Å². The van der Waals surface area contributed by atoms with Crippen molar-refractivity contribution in [2.45, 2.75) is 55.8 Å². The molecule has 1 N–H and O–H groups in total. The second-order valence-electron chi connectivity index (χ2n) is 13.0. The first-order valence-corrected chi connectivity index (χ1v) is 16.9. The van der Waals surface area contributed by atoms with Gasteiger partial charge in [0, 0.05) is 21.9 Å². The molecule has 1 fully saturated rings. The number of thiazole rings is 1. The quantitative estimate of drug-likeness (QED) is 0.206. The SMILES string of the molecule is Cc1ccc(N2C(=O)C3Sc4c(sc(=O)n4CC(=O)Nc4cccc5ccccc45)[C@H](c4ccc(C(C)(C)C)cc4)C3C2=O)cc1. The van der Waals surface area contributed by atoms with Crippen molar-refractivity contribution in [1.29, 1.82) is 0 Å². The molecule has 4 aromatic carbocycles. The van der Waals surface area contributed by atoms with Gasteiger partial charge in [-0.05, 0) is 47.1 Å². The number of nitrogens with one attached hydrogen (secondary N) is 1. The van der Waals surface area contributed by atoms with E-state index in [1.807, 2.05) is 73.7 Å². The summed E-state index contributed by atoms with van der Waals surface area (Å²) < 4.78 is 1.46. The van der Waals surface area contributed by atoms with Crippen LogP contribution < -0.4 is 15.1 Å². The molecule has 3 heterocycles. The number of aromatic nitrogens is 1. The highest BCUT2D eigenvalue weighted by molar-refractivity contribution is 8.00. The van der Waals surface area contributed by atoms with Crippen LogP contribution in [0.15, 0.2) is 101 Å². The topological polar surface area (TPSA) is 88.5 Å². The van der Waals surface area contributed by atoms with Gasteiger partial charge in [0.05, 0.1) is 16.6 Å². The number of carbonyl (C=O) groups excluding carboxylic acids is 3. The summed E-state index contributed by atoms with van der Waals surface area (Å²) in [6.45, 7) is 8.17. The maximum atomic E-state index is 14.2. The molecule has 0 saturated carbocycles. The van der Waals surface area contributed by atoms with Crippen LogP contribution in [0.25, 0.3) is 10.8 Å². The minimum Gasteiger partial charge on any atom is -0.324 e. The van der Waals surface area contributed by atoms with Gasteiger partial charge in [-0.25, -0.2) is 4.90 Å².